The lowest BCUT2D eigenvalue weighted by Crippen LogP contribution is -2.04. The van der Waals surface area contributed by atoms with Gasteiger partial charge in [-0.2, -0.15) is 8.42 Å². The highest BCUT2D eigenvalue weighted by molar-refractivity contribution is 7.94. The van der Waals surface area contributed by atoms with E-state index in [1.54, 1.807) is 25.1 Å². The summed E-state index contributed by atoms with van der Waals surface area (Å²) in [4.78, 5) is 0.806. The number of thiocarbonyl (C=S) groups is 1. The van der Waals surface area contributed by atoms with Gasteiger partial charge in [0.1, 0.15) is 0 Å². The van der Waals surface area contributed by atoms with E-state index in [4.69, 9.17) is 22.0 Å². The molecule has 0 atom stereocenters. The Morgan fingerprint density at radius 2 is 2.05 bits per heavy atom. The molecule has 0 saturated carbocycles. The molecule has 0 aliphatic carbocycles. The Morgan fingerprint density at radius 3 is 2.64 bits per heavy atom. The molecule has 0 aliphatic heterocycles. The summed E-state index contributed by atoms with van der Waals surface area (Å²) in [5.41, 5.74) is 0.621. The Morgan fingerprint density at radius 1 is 1.32 bits per heavy atom. The van der Waals surface area contributed by atoms with Crippen molar-refractivity contribution in [2.45, 2.75) is 16.7 Å². The van der Waals surface area contributed by atoms with Gasteiger partial charge in [-0.25, -0.2) is 5.26 Å². The predicted octanol–water partition coefficient (Wildman–Crippen LogP) is 3.27. The Labute approximate surface area is 136 Å². The maximum Gasteiger partial charge on any atom is 0.294 e. The van der Waals surface area contributed by atoms with Crippen LogP contribution in [-0.4, -0.2) is 23.2 Å². The first-order chi connectivity index (χ1) is 10.3. The highest BCUT2D eigenvalue weighted by Gasteiger charge is 2.13. The molecule has 0 aliphatic rings. The maximum absolute atomic E-state index is 11.2. The van der Waals surface area contributed by atoms with Crippen LogP contribution < -0.4 is 5.32 Å². The summed E-state index contributed by atoms with van der Waals surface area (Å²) in [6, 6.07) is 7.46. The number of benzene rings is 2. The van der Waals surface area contributed by atoms with Crippen LogP contribution in [0.5, 0.6) is 0 Å². The Bertz CT molecular complexity index is 821. The minimum absolute atomic E-state index is 0.230. The lowest BCUT2D eigenvalue weighted by molar-refractivity contribution is -0.432. The SMILES string of the molecule is CC(=S)Nc1cc(SOOO)cc2cc(S(=O)(=O)O)ccc12. The highest BCUT2D eigenvalue weighted by atomic mass is 32.2. The zero-order chi connectivity index (χ0) is 16.3. The van der Waals surface area contributed by atoms with E-state index < -0.39 is 10.1 Å². The van der Waals surface area contributed by atoms with Crippen molar-refractivity contribution in [1.29, 1.82) is 0 Å². The Kier molecular flexibility index (Phi) is 5.34. The van der Waals surface area contributed by atoms with E-state index in [0.29, 0.717) is 26.3 Å². The summed E-state index contributed by atoms with van der Waals surface area (Å²) in [5, 5.41) is 16.0. The van der Waals surface area contributed by atoms with E-state index in [1.165, 1.54) is 12.1 Å². The van der Waals surface area contributed by atoms with Gasteiger partial charge in [0.2, 0.25) is 0 Å². The van der Waals surface area contributed by atoms with E-state index in [-0.39, 0.29) is 4.90 Å². The molecule has 0 fully saturated rings. The van der Waals surface area contributed by atoms with Crippen LogP contribution in [0.25, 0.3) is 10.8 Å². The van der Waals surface area contributed by atoms with Gasteiger partial charge in [0.25, 0.3) is 10.1 Å². The van der Waals surface area contributed by atoms with Gasteiger partial charge in [-0.3, -0.25) is 4.55 Å². The van der Waals surface area contributed by atoms with Crippen LogP contribution in [0.15, 0.2) is 40.1 Å². The molecule has 0 unspecified atom stereocenters. The largest absolute Gasteiger partial charge is 0.350 e. The molecule has 22 heavy (non-hydrogen) atoms. The van der Waals surface area contributed by atoms with Crippen LogP contribution >= 0.6 is 24.3 Å². The molecule has 2 rings (SSSR count). The molecule has 10 heteroatoms. The van der Waals surface area contributed by atoms with E-state index in [1.807, 2.05) is 0 Å². The summed E-state index contributed by atoms with van der Waals surface area (Å²) < 4.78 is 36.0. The smallest absolute Gasteiger partial charge is 0.294 e. The lowest BCUT2D eigenvalue weighted by atomic mass is 10.1. The molecule has 0 saturated heterocycles. The topological polar surface area (TPSA) is 105 Å². The lowest BCUT2D eigenvalue weighted by Gasteiger charge is -2.11. The predicted molar refractivity (Wildman–Crippen MR) is 86.3 cm³/mol. The molecule has 3 N–H and O–H groups in total. The molecule has 0 bridgehead atoms. The van der Waals surface area contributed by atoms with Crippen molar-refractivity contribution < 1.29 is 27.6 Å². The molecular formula is C12H11NO6S3. The van der Waals surface area contributed by atoms with E-state index in [9.17, 15) is 8.42 Å². The van der Waals surface area contributed by atoms with Crippen molar-refractivity contribution >= 4 is 55.8 Å². The summed E-state index contributed by atoms with van der Waals surface area (Å²) in [6.07, 6.45) is 0. The average molecular weight is 361 g/mol. The third kappa shape index (κ3) is 4.14. The number of anilines is 1. The molecule has 0 radical (unpaired) electrons. The molecule has 0 aromatic heterocycles. The first kappa shape index (κ1) is 17.1. The average Bonchev–Trinajstić information content (AvgIpc) is 2.43. The van der Waals surface area contributed by atoms with E-state index >= 15 is 0 Å². The zero-order valence-corrected chi connectivity index (χ0v) is 13.6. The van der Waals surface area contributed by atoms with Crippen molar-refractivity contribution in [2.75, 3.05) is 5.32 Å². The zero-order valence-electron chi connectivity index (χ0n) is 11.1. The Hall–Kier alpha value is -1.27. The van der Waals surface area contributed by atoms with Crippen LogP contribution in [0.4, 0.5) is 5.69 Å². The Balaban J connectivity index is 2.62. The fraction of sp³-hybridized carbons (Fsp3) is 0.0833. The van der Waals surface area contributed by atoms with Crippen molar-refractivity contribution in [2.24, 2.45) is 0 Å². The van der Waals surface area contributed by atoms with Gasteiger partial charge in [-0.05, 0) is 36.6 Å². The fourth-order valence-electron chi connectivity index (χ4n) is 1.88. The normalized spacial score (nSPS) is 11.6. The monoisotopic (exact) mass is 361 g/mol. The molecule has 2 aromatic carbocycles. The third-order valence-electron chi connectivity index (χ3n) is 2.67. The van der Waals surface area contributed by atoms with Crippen LogP contribution in [0.3, 0.4) is 0 Å². The molecule has 7 nitrogen and oxygen atoms in total. The molecule has 0 heterocycles. The number of hydrogen-bond acceptors (Lipinski definition) is 7. The number of hydrogen-bond donors (Lipinski definition) is 3. The highest BCUT2D eigenvalue weighted by Crippen LogP contribution is 2.32. The van der Waals surface area contributed by atoms with Gasteiger partial charge in [-0.1, -0.05) is 23.3 Å². The van der Waals surface area contributed by atoms with Gasteiger partial charge in [-0.15, -0.1) is 4.33 Å². The van der Waals surface area contributed by atoms with Crippen LogP contribution in [0, 0.1) is 0 Å². The second-order valence-electron chi connectivity index (χ2n) is 4.24. The first-order valence-electron chi connectivity index (χ1n) is 5.79. The third-order valence-corrected chi connectivity index (χ3v) is 4.18. The van der Waals surface area contributed by atoms with Crippen molar-refractivity contribution in [3.05, 3.63) is 30.3 Å². The molecule has 0 spiro atoms. The summed E-state index contributed by atoms with van der Waals surface area (Å²) >= 11 is 5.73. The van der Waals surface area contributed by atoms with E-state index in [0.717, 1.165) is 12.0 Å². The maximum atomic E-state index is 11.2. The molecule has 2 aromatic rings. The number of rotatable bonds is 5. The van der Waals surface area contributed by atoms with Gasteiger partial charge in [0.05, 0.1) is 21.9 Å². The van der Waals surface area contributed by atoms with Gasteiger partial charge < -0.3 is 5.32 Å². The number of nitrogens with one attached hydrogen (secondary N) is 1. The van der Waals surface area contributed by atoms with Crippen molar-refractivity contribution in [1.82, 2.24) is 0 Å². The van der Waals surface area contributed by atoms with Crippen molar-refractivity contribution in [3.63, 3.8) is 0 Å². The molecule has 0 amide bonds. The summed E-state index contributed by atoms with van der Waals surface area (Å²) in [6.45, 7) is 1.70. The standard InChI is InChI=1S/C12H11NO6S3/c1-7(20)13-12-6-9(21-19-18-14)4-8-5-10(22(15,16)17)2-3-11(8)12/h2-6,14H,1H3,(H,13,20)(H,15,16,17). The quantitative estimate of drug-likeness (QED) is 0.243. The van der Waals surface area contributed by atoms with Crippen molar-refractivity contribution in [3.8, 4) is 0 Å². The number of fused-ring (bicyclic) bond motifs is 1. The van der Waals surface area contributed by atoms with Crippen LogP contribution in [-0.2, 0) is 19.5 Å². The van der Waals surface area contributed by atoms with Crippen LogP contribution in [0.2, 0.25) is 0 Å². The van der Waals surface area contributed by atoms with E-state index in [2.05, 4.69) is 14.7 Å². The minimum atomic E-state index is -4.31. The molecule has 118 valence electrons. The summed E-state index contributed by atoms with van der Waals surface area (Å²) in [5.74, 6) is 0. The van der Waals surface area contributed by atoms with Gasteiger partial charge >= 0.3 is 0 Å². The summed E-state index contributed by atoms with van der Waals surface area (Å²) in [7, 11) is -4.31. The second-order valence-corrected chi connectivity index (χ2v) is 7.04. The van der Waals surface area contributed by atoms with Crippen LogP contribution in [0.1, 0.15) is 6.92 Å². The van der Waals surface area contributed by atoms with Gasteiger partial charge in [0.15, 0.2) is 0 Å². The molecular weight excluding hydrogens is 350 g/mol. The minimum Gasteiger partial charge on any atom is -0.350 e. The second kappa shape index (κ2) is 6.87. The van der Waals surface area contributed by atoms with Gasteiger partial charge in [0, 0.05) is 16.0 Å². The fourth-order valence-corrected chi connectivity index (χ4v) is 2.95. The first-order valence-corrected chi connectivity index (χ1v) is 8.38.